The Labute approximate surface area is 98.4 Å². The first-order valence-corrected chi connectivity index (χ1v) is 6.04. The van der Waals surface area contributed by atoms with E-state index in [1.165, 1.54) is 10.1 Å². The third-order valence-electron chi connectivity index (χ3n) is 2.62. The van der Waals surface area contributed by atoms with Crippen LogP contribution in [0.5, 0.6) is 0 Å². The predicted octanol–water partition coefficient (Wildman–Crippen LogP) is 2.26. The summed E-state index contributed by atoms with van der Waals surface area (Å²) in [5.41, 5.74) is 6.37. The van der Waals surface area contributed by atoms with Crippen molar-refractivity contribution in [2.45, 2.75) is 12.8 Å². The first kappa shape index (κ1) is 11.1. The molecule has 0 radical (unpaired) electrons. The second-order valence-corrected chi connectivity index (χ2v) is 4.56. The average Bonchev–Trinajstić information content (AvgIpc) is 2.72. The molecule has 0 fully saturated rings. The summed E-state index contributed by atoms with van der Waals surface area (Å²) in [7, 11) is 1.69. The quantitative estimate of drug-likeness (QED) is 0.800. The van der Waals surface area contributed by atoms with E-state index in [2.05, 4.69) is 28.4 Å². The van der Waals surface area contributed by atoms with Gasteiger partial charge in [0, 0.05) is 11.7 Å². The first-order chi connectivity index (χ1) is 7.74. The molecule has 4 heteroatoms. The van der Waals surface area contributed by atoms with Gasteiger partial charge in [0.05, 0.1) is 5.92 Å². The molecule has 1 amide bonds. The van der Waals surface area contributed by atoms with Crippen LogP contribution < -0.4 is 10.9 Å². The van der Waals surface area contributed by atoms with Crippen molar-refractivity contribution in [3.8, 4) is 0 Å². The molecule has 1 aromatic carbocycles. The lowest BCUT2D eigenvalue weighted by atomic mass is 10.00. The smallest absolute Gasteiger partial charge is 0.241 e. The summed E-state index contributed by atoms with van der Waals surface area (Å²) in [6.45, 7) is 1.92. The number of hydrogen-bond donors (Lipinski definition) is 2. The van der Waals surface area contributed by atoms with E-state index in [-0.39, 0.29) is 11.8 Å². The van der Waals surface area contributed by atoms with Gasteiger partial charge in [-0.1, -0.05) is 18.2 Å². The fourth-order valence-corrected chi connectivity index (χ4v) is 2.76. The Bertz CT molecular complexity index is 506. The van der Waals surface area contributed by atoms with E-state index in [1.54, 1.807) is 18.4 Å². The number of amides is 1. The number of thiophene rings is 1. The zero-order valence-corrected chi connectivity index (χ0v) is 10.1. The summed E-state index contributed by atoms with van der Waals surface area (Å²) in [6.07, 6.45) is 0. The fourth-order valence-electron chi connectivity index (χ4n) is 1.71. The van der Waals surface area contributed by atoms with Gasteiger partial charge in [0.15, 0.2) is 0 Å². The Morgan fingerprint density at radius 1 is 1.38 bits per heavy atom. The third-order valence-corrected chi connectivity index (χ3v) is 3.60. The van der Waals surface area contributed by atoms with Crippen LogP contribution in [0, 0.1) is 0 Å². The normalized spacial score (nSPS) is 12.6. The maximum Gasteiger partial charge on any atom is 0.241 e. The molecule has 0 saturated carbocycles. The molecule has 1 aromatic heterocycles. The molecule has 2 aromatic rings. The number of rotatable bonds is 3. The number of benzene rings is 1. The Morgan fingerprint density at radius 2 is 2.12 bits per heavy atom. The molecule has 1 atom stereocenters. The van der Waals surface area contributed by atoms with Gasteiger partial charge >= 0.3 is 0 Å². The van der Waals surface area contributed by atoms with Crippen LogP contribution in [0.4, 0.5) is 0 Å². The van der Waals surface area contributed by atoms with E-state index < -0.39 is 0 Å². The van der Waals surface area contributed by atoms with Crippen molar-refractivity contribution in [1.82, 2.24) is 10.9 Å². The van der Waals surface area contributed by atoms with Crippen molar-refractivity contribution in [3.63, 3.8) is 0 Å². The van der Waals surface area contributed by atoms with E-state index in [4.69, 9.17) is 0 Å². The topological polar surface area (TPSA) is 41.1 Å². The number of carbonyl (C=O) groups excluding carboxylic acids is 1. The molecule has 0 aliphatic heterocycles. The Morgan fingerprint density at radius 3 is 2.88 bits per heavy atom. The molecule has 84 valence electrons. The zero-order valence-electron chi connectivity index (χ0n) is 9.28. The molecule has 2 rings (SSSR count). The van der Waals surface area contributed by atoms with Gasteiger partial charge in [-0.25, -0.2) is 5.43 Å². The summed E-state index contributed by atoms with van der Waals surface area (Å²) >= 11 is 1.68. The van der Waals surface area contributed by atoms with Crippen LogP contribution in [0.3, 0.4) is 0 Å². The largest absolute Gasteiger partial charge is 0.291 e. The van der Waals surface area contributed by atoms with E-state index in [1.807, 2.05) is 19.1 Å². The number of carbonyl (C=O) groups is 1. The lowest BCUT2D eigenvalue weighted by Gasteiger charge is -2.10. The van der Waals surface area contributed by atoms with Gasteiger partial charge in [-0.2, -0.15) is 0 Å². The molecule has 0 aliphatic rings. The van der Waals surface area contributed by atoms with Gasteiger partial charge in [-0.15, -0.1) is 11.3 Å². The number of hydrazine groups is 1. The molecule has 16 heavy (non-hydrogen) atoms. The van der Waals surface area contributed by atoms with Gasteiger partial charge in [0.25, 0.3) is 0 Å². The fraction of sp³-hybridized carbons (Fsp3) is 0.250. The summed E-state index contributed by atoms with van der Waals surface area (Å²) in [5, 5.41) is 3.23. The minimum absolute atomic E-state index is 0.00828. The minimum Gasteiger partial charge on any atom is -0.291 e. The highest BCUT2D eigenvalue weighted by Gasteiger charge is 2.17. The van der Waals surface area contributed by atoms with Crippen LogP contribution in [0.15, 0.2) is 29.6 Å². The van der Waals surface area contributed by atoms with Gasteiger partial charge in [-0.3, -0.25) is 10.2 Å². The molecule has 3 nitrogen and oxygen atoms in total. The Kier molecular flexibility index (Phi) is 3.22. The van der Waals surface area contributed by atoms with Gasteiger partial charge in [0.2, 0.25) is 5.91 Å². The summed E-state index contributed by atoms with van der Waals surface area (Å²) < 4.78 is 1.22. The lowest BCUT2D eigenvalue weighted by molar-refractivity contribution is -0.123. The van der Waals surface area contributed by atoms with Crippen LogP contribution in [0.2, 0.25) is 0 Å². The maximum absolute atomic E-state index is 11.7. The molecule has 0 saturated heterocycles. The zero-order chi connectivity index (χ0) is 11.5. The minimum atomic E-state index is -0.136. The number of fused-ring (bicyclic) bond motifs is 1. The van der Waals surface area contributed by atoms with Crippen LogP contribution in [-0.4, -0.2) is 13.0 Å². The van der Waals surface area contributed by atoms with Crippen molar-refractivity contribution in [2.24, 2.45) is 0 Å². The van der Waals surface area contributed by atoms with Crippen molar-refractivity contribution in [3.05, 3.63) is 35.2 Å². The predicted molar refractivity (Wildman–Crippen MR) is 67.4 cm³/mol. The van der Waals surface area contributed by atoms with Gasteiger partial charge in [-0.05, 0) is 29.3 Å². The standard InChI is InChI=1S/C12H14N2OS/c1-8(12(15)14-13-2)10-7-16-11-6-4-3-5-9(10)11/h3-8,13H,1-2H3,(H,14,15). The van der Waals surface area contributed by atoms with Crippen molar-refractivity contribution >= 4 is 27.3 Å². The Hall–Kier alpha value is -1.39. The molecule has 1 unspecified atom stereocenters. The molecule has 0 bridgehead atoms. The Balaban J connectivity index is 2.36. The highest BCUT2D eigenvalue weighted by atomic mass is 32.1. The average molecular weight is 234 g/mol. The molecule has 0 spiro atoms. The third kappa shape index (κ3) is 1.94. The molecule has 0 aliphatic carbocycles. The van der Waals surface area contributed by atoms with E-state index in [0.717, 1.165) is 5.56 Å². The number of hydrogen-bond acceptors (Lipinski definition) is 3. The lowest BCUT2D eigenvalue weighted by Crippen LogP contribution is -2.36. The van der Waals surface area contributed by atoms with E-state index in [9.17, 15) is 4.79 Å². The van der Waals surface area contributed by atoms with Gasteiger partial charge < -0.3 is 0 Å². The molecular formula is C12H14N2OS. The van der Waals surface area contributed by atoms with Crippen molar-refractivity contribution < 1.29 is 4.79 Å². The SMILES string of the molecule is CNNC(=O)C(C)c1csc2ccccc12. The first-order valence-electron chi connectivity index (χ1n) is 5.16. The highest BCUT2D eigenvalue weighted by molar-refractivity contribution is 7.17. The molecule has 2 N–H and O–H groups in total. The number of nitrogens with one attached hydrogen (secondary N) is 2. The second-order valence-electron chi connectivity index (χ2n) is 3.65. The van der Waals surface area contributed by atoms with E-state index >= 15 is 0 Å². The molecular weight excluding hydrogens is 220 g/mol. The summed E-state index contributed by atoms with van der Waals surface area (Å²) in [4.78, 5) is 11.7. The van der Waals surface area contributed by atoms with Crippen LogP contribution in [-0.2, 0) is 4.79 Å². The second kappa shape index (κ2) is 4.63. The summed E-state index contributed by atoms with van der Waals surface area (Å²) in [5.74, 6) is -0.144. The van der Waals surface area contributed by atoms with Crippen molar-refractivity contribution in [1.29, 1.82) is 0 Å². The van der Waals surface area contributed by atoms with Crippen LogP contribution >= 0.6 is 11.3 Å². The maximum atomic E-state index is 11.7. The molecule has 1 heterocycles. The van der Waals surface area contributed by atoms with Crippen LogP contribution in [0.1, 0.15) is 18.4 Å². The van der Waals surface area contributed by atoms with E-state index in [0.29, 0.717) is 0 Å². The van der Waals surface area contributed by atoms with Crippen molar-refractivity contribution in [2.75, 3.05) is 7.05 Å². The summed E-state index contributed by atoms with van der Waals surface area (Å²) in [6, 6.07) is 8.15. The highest BCUT2D eigenvalue weighted by Crippen LogP contribution is 2.30. The van der Waals surface area contributed by atoms with Gasteiger partial charge in [0.1, 0.15) is 0 Å². The van der Waals surface area contributed by atoms with Crippen LogP contribution in [0.25, 0.3) is 10.1 Å². The monoisotopic (exact) mass is 234 g/mol.